The fraction of sp³-hybridized carbons (Fsp3) is 0.478. The maximum absolute atomic E-state index is 6.36. The molecule has 4 rings (SSSR count). The lowest BCUT2D eigenvalue weighted by molar-refractivity contribution is 0.137. The van der Waals surface area contributed by atoms with Crippen LogP contribution in [0.3, 0.4) is 0 Å². The first-order valence-corrected chi connectivity index (χ1v) is 10.3. The standard InChI is InChI=1S/C21H26N4O2.C2H6O/c1-4-6-15(5-2)9-22-21-20-14(3)19(10-25(20)24-13-23-21)27-18-7-16-11-26-12-17(16)8-18;1-3-2/h4-6,10,13,16-18H,1-2,7-9,11-12H2,3H3,(H,22,23,24);1-2H3/b15-6+;. The van der Waals surface area contributed by atoms with E-state index in [1.54, 1.807) is 26.6 Å². The first-order chi connectivity index (χ1) is 14.6. The summed E-state index contributed by atoms with van der Waals surface area (Å²) in [6.07, 6.45) is 11.4. The molecule has 0 amide bonds. The van der Waals surface area contributed by atoms with Gasteiger partial charge in [-0.1, -0.05) is 31.4 Å². The average Bonchev–Trinajstić information content (AvgIpc) is 3.40. The molecule has 2 atom stereocenters. The number of ether oxygens (including phenoxy) is 3. The molecule has 2 aromatic heterocycles. The van der Waals surface area contributed by atoms with Gasteiger partial charge in [-0.05, 0) is 37.2 Å². The normalized spacial score (nSPS) is 22.9. The van der Waals surface area contributed by atoms with Crippen molar-refractivity contribution < 1.29 is 14.2 Å². The summed E-state index contributed by atoms with van der Waals surface area (Å²) in [6.45, 7) is 12.0. The molecular formula is C23H32N4O3. The second kappa shape index (κ2) is 10.4. The predicted octanol–water partition coefficient (Wildman–Crippen LogP) is 3.81. The number of aryl methyl sites for hydroxylation is 1. The van der Waals surface area contributed by atoms with Crippen LogP contribution in [0.1, 0.15) is 18.4 Å². The zero-order valence-corrected chi connectivity index (χ0v) is 18.1. The van der Waals surface area contributed by atoms with E-state index in [4.69, 9.17) is 9.47 Å². The Morgan fingerprint density at radius 2 is 2.00 bits per heavy atom. The minimum atomic E-state index is 0.257. The highest BCUT2D eigenvalue weighted by atomic mass is 16.5. The lowest BCUT2D eigenvalue weighted by atomic mass is 10.0. The van der Waals surface area contributed by atoms with Crippen LogP contribution in [0.4, 0.5) is 5.82 Å². The van der Waals surface area contributed by atoms with Crippen molar-refractivity contribution in [2.45, 2.75) is 25.9 Å². The van der Waals surface area contributed by atoms with E-state index in [1.165, 1.54) is 0 Å². The van der Waals surface area contributed by atoms with Crippen LogP contribution in [0.15, 0.2) is 49.5 Å². The number of nitrogens with one attached hydrogen (secondary N) is 1. The first kappa shape index (κ1) is 22.1. The van der Waals surface area contributed by atoms with E-state index in [0.717, 1.165) is 54.3 Å². The Bertz CT molecular complexity index is 893. The van der Waals surface area contributed by atoms with Gasteiger partial charge >= 0.3 is 0 Å². The molecule has 1 saturated carbocycles. The Balaban J connectivity index is 0.000000806. The Hall–Kier alpha value is -2.64. The van der Waals surface area contributed by atoms with Crippen LogP contribution >= 0.6 is 0 Å². The smallest absolute Gasteiger partial charge is 0.154 e. The molecule has 1 N–H and O–H groups in total. The van der Waals surface area contributed by atoms with Crippen LogP contribution in [-0.4, -0.2) is 54.7 Å². The molecule has 0 bridgehead atoms. The number of aromatic nitrogens is 3. The molecule has 2 unspecified atom stereocenters. The first-order valence-electron chi connectivity index (χ1n) is 10.3. The van der Waals surface area contributed by atoms with Gasteiger partial charge in [0.25, 0.3) is 0 Å². The van der Waals surface area contributed by atoms with E-state index in [9.17, 15) is 0 Å². The van der Waals surface area contributed by atoms with E-state index in [2.05, 4.69) is 40.2 Å². The number of hydrogen-bond donors (Lipinski definition) is 1. The van der Waals surface area contributed by atoms with Gasteiger partial charge in [0.2, 0.25) is 0 Å². The average molecular weight is 413 g/mol. The van der Waals surface area contributed by atoms with Crippen LogP contribution in [-0.2, 0) is 9.47 Å². The van der Waals surface area contributed by atoms with Gasteiger partial charge in [-0.2, -0.15) is 5.10 Å². The highest BCUT2D eigenvalue weighted by Crippen LogP contribution is 2.39. The lowest BCUT2D eigenvalue weighted by Gasteiger charge is -2.14. The summed E-state index contributed by atoms with van der Waals surface area (Å²) < 4.78 is 18.0. The van der Waals surface area contributed by atoms with E-state index in [0.29, 0.717) is 18.4 Å². The molecule has 0 radical (unpaired) electrons. The molecule has 30 heavy (non-hydrogen) atoms. The molecule has 2 aliphatic rings. The second-order valence-electron chi connectivity index (χ2n) is 7.73. The minimum absolute atomic E-state index is 0.257. The van der Waals surface area contributed by atoms with Crippen LogP contribution in [0.25, 0.3) is 5.52 Å². The summed E-state index contributed by atoms with van der Waals surface area (Å²) in [5.74, 6) is 2.97. The fourth-order valence-electron chi connectivity index (χ4n) is 4.13. The summed E-state index contributed by atoms with van der Waals surface area (Å²) in [5.41, 5.74) is 3.04. The topological polar surface area (TPSA) is 69.9 Å². The van der Waals surface area contributed by atoms with Gasteiger partial charge in [0.15, 0.2) is 5.82 Å². The van der Waals surface area contributed by atoms with Crippen molar-refractivity contribution >= 4 is 11.3 Å². The molecule has 0 aromatic carbocycles. The van der Waals surface area contributed by atoms with E-state index in [-0.39, 0.29) is 6.10 Å². The molecule has 0 spiro atoms. The number of anilines is 1. The molecule has 1 aliphatic carbocycles. The monoisotopic (exact) mass is 412 g/mol. The van der Waals surface area contributed by atoms with Gasteiger partial charge in [0, 0.05) is 39.5 Å². The predicted molar refractivity (Wildman–Crippen MR) is 119 cm³/mol. The number of rotatable bonds is 7. The van der Waals surface area contributed by atoms with E-state index < -0.39 is 0 Å². The van der Waals surface area contributed by atoms with Crippen LogP contribution in [0, 0.1) is 18.8 Å². The molecule has 7 nitrogen and oxygen atoms in total. The lowest BCUT2D eigenvalue weighted by Crippen LogP contribution is -2.14. The molecule has 1 saturated heterocycles. The fourth-order valence-corrected chi connectivity index (χ4v) is 4.13. The van der Waals surface area contributed by atoms with E-state index in [1.807, 2.05) is 22.9 Å². The molecule has 2 aromatic rings. The third kappa shape index (κ3) is 4.91. The van der Waals surface area contributed by atoms with Crippen molar-refractivity contribution in [2.24, 2.45) is 11.8 Å². The largest absolute Gasteiger partial charge is 0.488 e. The van der Waals surface area contributed by atoms with Crippen molar-refractivity contribution in [1.29, 1.82) is 0 Å². The number of fused-ring (bicyclic) bond motifs is 2. The van der Waals surface area contributed by atoms with Gasteiger partial charge in [0.1, 0.15) is 17.6 Å². The van der Waals surface area contributed by atoms with Crippen molar-refractivity contribution in [3.05, 3.63) is 55.0 Å². The Labute approximate surface area is 178 Å². The number of methoxy groups -OCH3 is 1. The van der Waals surface area contributed by atoms with Crippen LogP contribution in [0.5, 0.6) is 5.75 Å². The van der Waals surface area contributed by atoms with Gasteiger partial charge in [0.05, 0.1) is 12.3 Å². The molecule has 162 valence electrons. The summed E-state index contributed by atoms with van der Waals surface area (Å²) in [7, 11) is 3.25. The second-order valence-corrected chi connectivity index (χ2v) is 7.73. The van der Waals surface area contributed by atoms with Crippen molar-refractivity contribution in [1.82, 2.24) is 14.6 Å². The zero-order valence-electron chi connectivity index (χ0n) is 18.1. The van der Waals surface area contributed by atoms with Crippen molar-refractivity contribution in [2.75, 3.05) is 39.3 Å². The molecular weight excluding hydrogens is 380 g/mol. The minimum Gasteiger partial charge on any atom is -0.488 e. The number of nitrogens with zero attached hydrogens (tertiary/aromatic N) is 3. The van der Waals surface area contributed by atoms with Gasteiger partial charge in [-0.3, -0.25) is 0 Å². The van der Waals surface area contributed by atoms with Gasteiger partial charge in [-0.25, -0.2) is 9.50 Å². The maximum Gasteiger partial charge on any atom is 0.154 e. The Morgan fingerprint density at radius 3 is 2.63 bits per heavy atom. The van der Waals surface area contributed by atoms with E-state index >= 15 is 0 Å². The van der Waals surface area contributed by atoms with Crippen LogP contribution in [0.2, 0.25) is 0 Å². The quantitative estimate of drug-likeness (QED) is 0.698. The molecule has 3 heterocycles. The molecule has 2 fully saturated rings. The van der Waals surface area contributed by atoms with Gasteiger partial charge < -0.3 is 19.5 Å². The molecule has 7 heteroatoms. The maximum atomic E-state index is 6.36. The summed E-state index contributed by atoms with van der Waals surface area (Å²) >= 11 is 0. The molecule has 1 aliphatic heterocycles. The summed E-state index contributed by atoms with van der Waals surface area (Å²) in [5, 5.41) is 7.73. The van der Waals surface area contributed by atoms with Crippen molar-refractivity contribution in [3.63, 3.8) is 0 Å². The third-order valence-electron chi connectivity index (χ3n) is 5.59. The SMILES string of the molecule is C=C/C=C(\C=C)CNc1ncnn2cc(OC3CC4COCC4C3)c(C)c12.COC. The number of allylic oxidation sites excluding steroid dienone is 2. The highest BCUT2D eigenvalue weighted by Gasteiger charge is 2.39. The summed E-state index contributed by atoms with van der Waals surface area (Å²) in [6, 6.07) is 0. The zero-order chi connectivity index (χ0) is 21.5. The van der Waals surface area contributed by atoms with Crippen molar-refractivity contribution in [3.8, 4) is 5.75 Å². The van der Waals surface area contributed by atoms with Crippen LogP contribution < -0.4 is 10.1 Å². The van der Waals surface area contributed by atoms with Gasteiger partial charge in [-0.15, -0.1) is 0 Å². The number of hydrogen-bond acceptors (Lipinski definition) is 6. The summed E-state index contributed by atoms with van der Waals surface area (Å²) in [4.78, 5) is 4.42. The Kier molecular flexibility index (Phi) is 7.65. The Morgan fingerprint density at radius 1 is 1.30 bits per heavy atom. The third-order valence-corrected chi connectivity index (χ3v) is 5.59. The highest BCUT2D eigenvalue weighted by molar-refractivity contribution is 5.75.